The van der Waals surface area contributed by atoms with E-state index in [9.17, 15) is 32.7 Å². The van der Waals surface area contributed by atoms with E-state index in [-0.39, 0.29) is 73.8 Å². The summed E-state index contributed by atoms with van der Waals surface area (Å²) >= 11 is 0. The molecule has 3 rings (SSSR count). The van der Waals surface area contributed by atoms with Gasteiger partial charge in [-0.15, -0.1) is 0 Å². The molecule has 2 N–H and O–H groups in total. The average Bonchev–Trinajstić information content (AvgIpc) is 3.68. The molecule has 0 spiro atoms. The molecule has 2 aliphatic heterocycles. The maximum atomic E-state index is 14.0. The van der Waals surface area contributed by atoms with Gasteiger partial charge in [-0.1, -0.05) is 64.5 Å². The lowest BCUT2D eigenvalue weighted by Gasteiger charge is -2.31. The summed E-state index contributed by atoms with van der Waals surface area (Å²) in [6.45, 7) is 12.9. The van der Waals surface area contributed by atoms with Crippen molar-refractivity contribution in [1.82, 2.24) is 20.1 Å². The first-order valence-corrected chi connectivity index (χ1v) is 18.3. The topological polar surface area (TPSA) is 176 Å². The predicted octanol–water partition coefficient (Wildman–Crippen LogP) is 2.27. The lowest BCUT2D eigenvalue weighted by Crippen LogP contribution is -2.50. The Morgan fingerprint density at radius 2 is 1.85 bits per heavy atom. The Kier molecular flexibility index (Phi) is 14.3. The number of aromatic nitrogens is 1. The summed E-state index contributed by atoms with van der Waals surface area (Å²) in [6.07, 6.45) is 6.68. The van der Waals surface area contributed by atoms with Crippen molar-refractivity contribution in [2.45, 2.75) is 84.3 Å². The Labute approximate surface area is 283 Å². The third-order valence-corrected chi connectivity index (χ3v) is 10.8. The van der Waals surface area contributed by atoms with Crippen LogP contribution in [0.4, 0.5) is 0 Å². The van der Waals surface area contributed by atoms with Crippen LogP contribution in [0.25, 0.3) is 0 Å². The van der Waals surface area contributed by atoms with Crippen LogP contribution in [-0.2, 0) is 35.4 Å². The van der Waals surface area contributed by atoms with Crippen LogP contribution in [0.5, 0.6) is 0 Å². The molecule has 1 fully saturated rings. The molecule has 5 atom stereocenters. The third kappa shape index (κ3) is 10.7. The van der Waals surface area contributed by atoms with E-state index in [0.717, 1.165) is 11.2 Å². The highest BCUT2D eigenvalue weighted by molar-refractivity contribution is 7.92. The number of sulfone groups is 1. The van der Waals surface area contributed by atoms with Crippen LogP contribution in [-0.4, -0.2) is 114 Å². The molecule has 266 valence electrons. The fourth-order valence-electron chi connectivity index (χ4n) is 5.99. The Morgan fingerprint density at radius 3 is 2.52 bits per heavy atom. The number of amides is 2. The number of fused-ring (bicyclic) bond motifs is 3. The molecule has 2 bridgehead atoms. The van der Waals surface area contributed by atoms with Gasteiger partial charge in [-0.05, 0) is 38.4 Å². The number of oxazole rings is 1. The fraction of sp³-hybridized carbons (Fsp3) is 0.618. The monoisotopic (exact) mass is 690 g/mol. The number of carbonyl (C=O) groups is 4. The highest BCUT2D eigenvalue weighted by Crippen LogP contribution is 2.30. The highest BCUT2D eigenvalue weighted by Gasteiger charge is 2.50. The molecule has 14 heteroatoms. The molecule has 0 radical (unpaired) electrons. The third-order valence-electron chi connectivity index (χ3n) is 8.66. The molecule has 2 aliphatic rings. The van der Waals surface area contributed by atoms with Crippen LogP contribution in [0.3, 0.4) is 0 Å². The second-order valence-electron chi connectivity index (χ2n) is 12.7. The number of ketones is 1. The van der Waals surface area contributed by atoms with E-state index in [4.69, 9.17) is 9.15 Å². The first kappa shape index (κ1) is 38.8. The van der Waals surface area contributed by atoms with E-state index >= 15 is 0 Å². The molecule has 13 nitrogen and oxygen atoms in total. The van der Waals surface area contributed by atoms with Gasteiger partial charge in [-0.25, -0.2) is 18.2 Å². The number of nitrogens with one attached hydrogen (secondary N) is 1. The zero-order valence-corrected chi connectivity index (χ0v) is 29.6. The molecular formula is C34H50N4O9S. The maximum absolute atomic E-state index is 14.0. The molecule has 0 aromatic carbocycles. The molecule has 3 heterocycles. The minimum Gasteiger partial charge on any atom is -0.460 e. The van der Waals surface area contributed by atoms with Gasteiger partial charge in [0.25, 0.3) is 5.91 Å². The molecule has 1 aromatic rings. The first-order chi connectivity index (χ1) is 22.7. The fourth-order valence-corrected chi connectivity index (χ4v) is 7.92. The van der Waals surface area contributed by atoms with E-state index in [1.165, 1.54) is 12.2 Å². The number of rotatable bonds is 7. The van der Waals surface area contributed by atoms with Gasteiger partial charge in [0, 0.05) is 32.0 Å². The first-order valence-electron chi connectivity index (χ1n) is 16.6. The van der Waals surface area contributed by atoms with Gasteiger partial charge in [0.1, 0.15) is 24.2 Å². The highest BCUT2D eigenvalue weighted by atomic mass is 32.2. The number of esters is 1. The van der Waals surface area contributed by atoms with Crippen LogP contribution in [0, 0.1) is 11.8 Å². The van der Waals surface area contributed by atoms with Crippen molar-refractivity contribution in [2.24, 2.45) is 11.8 Å². The average molecular weight is 691 g/mol. The van der Waals surface area contributed by atoms with Crippen molar-refractivity contribution in [3.8, 4) is 0 Å². The second kappa shape index (κ2) is 17.7. The molecule has 48 heavy (non-hydrogen) atoms. The van der Waals surface area contributed by atoms with Crippen molar-refractivity contribution in [3.63, 3.8) is 0 Å². The van der Waals surface area contributed by atoms with Crippen LogP contribution in [0.2, 0.25) is 0 Å². The van der Waals surface area contributed by atoms with Gasteiger partial charge >= 0.3 is 5.97 Å². The van der Waals surface area contributed by atoms with Crippen molar-refractivity contribution in [3.05, 3.63) is 53.8 Å². The van der Waals surface area contributed by atoms with E-state index in [0.29, 0.717) is 18.7 Å². The smallest absolute Gasteiger partial charge is 0.330 e. The summed E-state index contributed by atoms with van der Waals surface area (Å²) in [4.78, 5) is 60.3. The number of carbonyl (C=O) groups excluding carboxylic acids is 4. The molecule has 1 aromatic heterocycles. The van der Waals surface area contributed by atoms with E-state index < -0.39 is 51.1 Å². The Bertz CT molecular complexity index is 1490. The van der Waals surface area contributed by atoms with Gasteiger partial charge in [0.05, 0.1) is 23.5 Å². The van der Waals surface area contributed by atoms with Gasteiger partial charge in [-0.2, -0.15) is 0 Å². The number of allylic oxidation sites excluding steroid dienone is 2. The number of hydrogen-bond acceptors (Lipinski definition) is 11. The number of aliphatic hydroxyl groups excluding tert-OH is 1. The number of nitrogens with zero attached hydrogens (tertiary/aromatic N) is 3. The normalized spacial score (nSPS) is 28.1. The van der Waals surface area contributed by atoms with Gasteiger partial charge in [0.2, 0.25) is 11.8 Å². The van der Waals surface area contributed by atoms with Gasteiger partial charge in [-0.3, -0.25) is 14.4 Å². The van der Waals surface area contributed by atoms with Crippen LogP contribution >= 0.6 is 0 Å². The van der Waals surface area contributed by atoms with Crippen LogP contribution in [0.15, 0.2) is 46.6 Å². The standard InChI is InChI=1S/C34H50N4O9S/c1-7-37(8-2)16-17-48(44,45)28-13-15-38-31(28)34(43)47-32(22(3)4)24(6)11-12-29(41)35-14-9-10-23(5)18-25(39)19-26(40)20-30-36-27(21-46-30)33(38)42/h9-12,18,21-22,24-25,28,31-32,39H,7-8,13-17,19-20H2,1-6H3,(H,35,41)/b10-9-,12-11+,23-18+/t24-,25-,28-,31?,32-/m1/s1. The lowest BCUT2D eigenvalue weighted by atomic mass is 9.94. The number of ether oxygens (including phenoxy) is 1. The summed E-state index contributed by atoms with van der Waals surface area (Å²) in [5, 5.41) is 11.9. The SMILES string of the molecule is CCN(CC)CCS(=O)(=O)[C@@H]1CCN2C(=O)c3coc(n3)CC(=O)C[C@H](O)/C=C(C)/C=C\CNC(=O)/C=C/[C@@H](C)[C@@H](C(C)C)OC(=O)C12. The summed E-state index contributed by atoms with van der Waals surface area (Å²) in [6, 6.07) is -1.44. The van der Waals surface area contributed by atoms with Crippen LogP contribution in [0.1, 0.15) is 70.8 Å². The molecule has 1 saturated heterocycles. The van der Waals surface area contributed by atoms with Gasteiger partial charge in [0.15, 0.2) is 15.5 Å². The zero-order valence-electron chi connectivity index (χ0n) is 28.8. The Morgan fingerprint density at radius 1 is 1.15 bits per heavy atom. The van der Waals surface area contributed by atoms with Crippen LogP contribution < -0.4 is 5.32 Å². The zero-order chi connectivity index (χ0) is 35.6. The molecule has 0 aliphatic carbocycles. The number of Topliss-reactive ketones (excluding diaryl/α,β-unsaturated/α-hetero) is 1. The summed E-state index contributed by atoms with van der Waals surface area (Å²) in [5.41, 5.74) is 0.505. The predicted molar refractivity (Wildman–Crippen MR) is 180 cm³/mol. The minimum atomic E-state index is -3.87. The van der Waals surface area contributed by atoms with Crippen molar-refractivity contribution in [1.29, 1.82) is 0 Å². The van der Waals surface area contributed by atoms with E-state index in [1.807, 2.05) is 32.6 Å². The van der Waals surface area contributed by atoms with Crippen molar-refractivity contribution >= 4 is 33.4 Å². The summed E-state index contributed by atoms with van der Waals surface area (Å²) in [5.74, 6) is -3.23. The molecular weight excluding hydrogens is 640 g/mol. The summed E-state index contributed by atoms with van der Waals surface area (Å²) < 4.78 is 38.9. The second-order valence-corrected chi connectivity index (χ2v) is 15.0. The molecule has 0 saturated carbocycles. The van der Waals surface area contributed by atoms with E-state index in [1.54, 1.807) is 32.1 Å². The van der Waals surface area contributed by atoms with Crippen molar-refractivity contribution in [2.75, 3.05) is 38.5 Å². The minimum absolute atomic E-state index is 0.0243. The van der Waals surface area contributed by atoms with Crippen molar-refractivity contribution < 1.29 is 41.9 Å². The number of cyclic esters (lactones) is 1. The Balaban J connectivity index is 2.00. The Hall–Kier alpha value is -3.62. The van der Waals surface area contributed by atoms with E-state index in [2.05, 4.69) is 10.3 Å². The molecule has 1 unspecified atom stereocenters. The maximum Gasteiger partial charge on any atom is 0.330 e. The lowest BCUT2D eigenvalue weighted by molar-refractivity contribution is -0.157. The largest absolute Gasteiger partial charge is 0.460 e. The number of hydrogen-bond donors (Lipinski definition) is 2. The molecule has 2 amide bonds. The van der Waals surface area contributed by atoms with Gasteiger partial charge < -0.3 is 29.4 Å². The summed E-state index contributed by atoms with van der Waals surface area (Å²) in [7, 11) is -3.87. The number of aliphatic hydroxyl groups is 1. The quantitative estimate of drug-likeness (QED) is 0.402.